The molecule has 0 amide bonds. The van der Waals surface area contributed by atoms with Crippen LogP contribution in [0.25, 0.3) is 0 Å². The molecule has 7 aromatic rings. The van der Waals surface area contributed by atoms with Gasteiger partial charge in [0.25, 0.3) is 0 Å². The van der Waals surface area contributed by atoms with Gasteiger partial charge in [-0.1, -0.05) is 183 Å². The number of rotatable bonds is 4. The van der Waals surface area contributed by atoms with Crippen molar-refractivity contribution in [2.75, 3.05) is 4.90 Å². The smallest absolute Gasteiger partial charge is 0.0742 e. The maximum atomic E-state index is 6.89. The third kappa shape index (κ3) is 4.21. The van der Waals surface area contributed by atoms with Gasteiger partial charge in [0.1, 0.15) is 0 Å². The molecule has 49 heavy (non-hydrogen) atoms. The van der Waals surface area contributed by atoms with Gasteiger partial charge in [-0.15, -0.1) is 0 Å². The number of benzene rings is 7. The van der Waals surface area contributed by atoms with E-state index >= 15 is 0 Å². The molecular weight excluding hydrogens is 630 g/mol. The summed E-state index contributed by atoms with van der Waals surface area (Å²) in [6.07, 6.45) is 0. The minimum absolute atomic E-state index is 0.230. The molecule has 2 aliphatic heterocycles. The van der Waals surface area contributed by atoms with E-state index in [4.69, 9.17) is 11.8 Å². The van der Waals surface area contributed by atoms with Crippen LogP contribution >= 0.6 is 6.04 Å². The van der Waals surface area contributed by atoms with E-state index in [1.54, 1.807) is 0 Å². The quantitative estimate of drug-likeness (QED) is 0.172. The number of para-hydroxylation sites is 2. The van der Waals surface area contributed by atoms with Gasteiger partial charge in [-0.25, -0.2) is 0 Å². The molecule has 2 aliphatic rings. The van der Waals surface area contributed by atoms with Crippen LogP contribution in [0.1, 0.15) is 47.2 Å². The Morgan fingerprint density at radius 3 is 1.47 bits per heavy atom. The van der Waals surface area contributed by atoms with Crippen molar-refractivity contribution in [1.82, 2.24) is 0 Å². The summed E-state index contributed by atoms with van der Waals surface area (Å²) in [4.78, 5) is 2.48. The molecule has 2 heterocycles. The molecule has 0 fully saturated rings. The predicted octanol–water partition coefficient (Wildman–Crippen LogP) is 10.2. The van der Waals surface area contributed by atoms with Crippen molar-refractivity contribution in [1.29, 1.82) is 0 Å². The zero-order valence-electron chi connectivity index (χ0n) is 27.6. The molecule has 0 N–H and O–H groups in total. The summed E-state index contributed by atoms with van der Waals surface area (Å²) in [6, 6.07) is 64.5. The van der Waals surface area contributed by atoms with Gasteiger partial charge >= 0.3 is 0 Å². The second kappa shape index (κ2) is 11.3. The van der Waals surface area contributed by atoms with Gasteiger partial charge in [-0.2, -0.15) is 0 Å². The first kappa shape index (κ1) is 30.1. The molecule has 1 nitrogen and oxygen atoms in total. The van der Waals surface area contributed by atoms with Crippen LogP contribution in [0.3, 0.4) is 0 Å². The maximum Gasteiger partial charge on any atom is 0.0742 e. The lowest BCUT2D eigenvalue weighted by molar-refractivity contribution is 0.647. The zero-order chi connectivity index (χ0) is 33.2. The van der Waals surface area contributed by atoms with Crippen molar-refractivity contribution < 1.29 is 0 Å². The molecular formula is C46H36NPS. The van der Waals surface area contributed by atoms with Crippen molar-refractivity contribution in [2.24, 2.45) is 0 Å². The Bertz CT molecular complexity index is 2310. The third-order valence-corrected chi connectivity index (χ3v) is 15.8. The largest absolute Gasteiger partial charge is 0.310 e. The van der Waals surface area contributed by atoms with Crippen LogP contribution in [0.2, 0.25) is 0 Å². The molecule has 0 spiro atoms. The predicted molar refractivity (Wildman–Crippen MR) is 211 cm³/mol. The van der Waals surface area contributed by atoms with Crippen molar-refractivity contribution in [3.63, 3.8) is 0 Å². The van der Waals surface area contributed by atoms with Gasteiger partial charge in [-0.3, -0.25) is 0 Å². The lowest BCUT2D eigenvalue weighted by atomic mass is 9.62. The number of hydrogen-bond donors (Lipinski definition) is 0. The van der Waals surface area contributed by atoms with Crippen LogP contribution in [-0.2, 0) is 22.6 Å². The average molecular weight is 666 g/mol. The van der Waals surface area contributed by atoms with Gasteiger partial charge in [0.05, 0.1) is 16.8 Å². The highest BCUT2D eigenvalue weighted by atomic mass is 32.4. The average Bonchev–Trinajstić information content (AvgIpc) is 3.17. The summed E-state index contributed by atoms with van der Waals surface area (Å²) in [5.41, 5.74) is 10.5. The van der Waals surface area contributed by atoms with Crippen molar-refractivity contribution in [2.45, 2.75) is 24.7 Å². The third-order valence-electron chi connectivity index (χ3n) is 10.8. The highest BCUT2D eigenvalue weighted by Gasteiger charge is 2.47. The Labute approximate surface area is 294 Å². The maximum absolute atomic E-state index is 6.89. The van der Waals surface area contributed by atoms with Crippen LogP contribution in [0, 0.1) is 0 Å². The van der Waals surface area contributed by atoms with E-state index in [9.17, 15) is 0 Å². The van der Waals surface area contributed by atoms with Crippen molar-refractivity contribution in [3.05, 3.63) is 215 Å². The van der Waals surface area contributed by atoms with Crippen molar-refractivity contribution in [3.8, 4) is 0 Å². The van der Waals surface area contributed by atoms with Gasteiger partial charge in [-0.05, 0) is 73.6 Å². The molecule has 1 unspecified atom stereocenters. The lowest BCUT2D eigenvalue weighted by Gasteiger charge is -2.47. The summed E-state index contributed by atoms with van der Waals surface area (Å²) in [6.45, 7) is 4.73. The second-order valence-corrected chi connectivity index (χ2v) is 18.0. The highest BCUT2D eigenvalue weighted by molar-refractivity contribution is 8.25. The van der Waals surface area contributed by atoms with Crippen LogP contribution in [-0.4, -0.2) is 0 Å². The summed E-state index contributed by atoms with van der Waals surface area (Å²) in [7, 11) is 0. The minimum atomic E-state index is -2.30. The monoisotopic (exact) mass is 665 g/mol. The van der Waals surface area contributed by atoms with E-state index in [-0.39, 0.29) is 5.41 Å². The fourth-order valence-corrected chi connectivity index (χ4v) is 13.3. The second-order valence-electron chi connectivity index (χ2n) is 13.6. The van der Waals surface area contributed by atoms with Gasteiger partial charge < -0.3 is 4.90 Å². The van der Waals surface area contributed by atoms with E-state index in [1.807, 2.05) is 0 Å². The molecule has 9 rings (SSSR count). The van der Waals surface area contributed by atoms with E-state index in [0.717, 1.165) is 5.69 Å². The van der Waals surface area contributed by atoms with Crippen molar-refractivity contribution >= 4 is 50.8 Å². The fraction of sp³-hybridized carbons (Fsp3) is 0.0870. The Morgan fingerprint density at radius 2 is 0.898 bits per heavy atom. The van der Waals surface area contributed by atoms with Gasteiger partial charge in [0, 0.05) is 17.1 Å². The highest BCUT2D eigenvalue weighted by Crippen LogP contribution is 2.59. The van der Waals surface area contributed by atoms with Crippen LogP contribution < -0.4 is 20.8 Å². The first-order valence-corrected chi connectivity index (χ1v) is 19.8. The van der Waals surface area contributed by atoms with Crippen LogP contribution in [0.15, 0.2) is 182 Å². The number of hydrogen-bond acceptors (Lipinski definition) is 2. The Balaban J connectivity index is 1.33. The summed E-state index contributed by atoms with van der Waals surface area (Å²) in [5.74, 6) is 0. The number of nitrogens with zero attached hydrogens (tertiary/aromatic N) is 1. The lowest BCUT2D eigenvalue weighted by Crippen LogP contribution is -2.42. The first-order chi connectivity index (χ1) is 24.0. The van der Waals surface area contributed by atoms with E-state index in [1.165, 1.54) is 60.7 Å². The minimum Gasteiger partial charge on any atom is -0.310 e. The Hall–Kier alpha value is -5.01. The fourth-order valence-electron chi connectivity index (χ4n) is 8.60. The molecule has 0 saturated carbocycles. The molecule has 1 atom stereocenters. The summed E-state index contributed by atoms with van der Waals surface area (Å²) in [5, 5.41) is 3.85. The molecule has 0 bridgehead atoms. The normalized spacial score (nSPS) is 18.0. The molecule has 0 aliphatic carbocycles. The summed E-state index contributed by atoms with van der Waals surface area (Å²) >= 11 is 6.89. The zero-order valence-corrected chi connectivity index (χ0v) is 29.3. The molecule has 236 valence electrons. The molecule has 0 saturated heterocycles. The molecule has 0 aromatic heterocycles. The van der Waals surface area contributed by atoms with Crippen LogP contribution in [0.5, 0.6) is 0 Å². The van der Waals surface area contributed by atoms with E-state index in [0.29, 0.717) is 0 Å². The molecule has 7 aromatic carbocycles. The Kier molecular flexibility index (Phi) is 6.92. The van der Waals surface area contributed by atoms with E-state index in [2.05, 4.69) is 201 Å². The van der Waals surface area contributed by atoms with Gasteiger partial charge in [0.15, 0.2) is 0 Å². The number of anilines is 3. The van der Waals surface area contributed by atoms with Gasteiger partial charge in [0.2, 0.25) is 0 Å². The number of fused-ring (bicyclic) bond motifs is 4. The summed E-state index contributed by atoms with van der Waals surface area (Å²) < 4.78 is 0. The van der Waals surface area contributed by atoms with E-state index < -0.39 is 11.5 Å². The molecule has 0 radical (unpaired) electrons. The standard InChI is InChI=1S/C46H36NPS/c1-45(2)39-26-14-17-29-43(39)48(49,36-22-10-5-11-23-36)44-31-30-35(32-40(44)45)47-41-27-15-12-24-37(41)46(33-18-6-3-7-19-33,34-20-8-4-9-21-34)38-25-13-16-28-42(38)47/h3-32H,1-2H3. The van der Waals surface area contributed by atoms with Crippen LogP contribution in [0.4, 0.5) is 17.1 Å². The SMILES string of the molecule is CC1(C)c2ccccc2P(=S)(c2ccccc2)c2ccc(N3c4ccccc4C(c4ccccc4)(c4ccccc4)c4ccccc43)cc21. The first-order valence-electron chi connectivity index (χ1n) is 17.0. The topological polar surface area (TPSA) is 3.24 Å². The Morgan fingerprint density at radius 1 is 0.449 bits per heavy atom. The molecule has 3 heteroatoms.